The molecule has 0 saturated heterocycles. The number of fused-ring (bicyclic) bond motifs is 1. The molecular weight excluding hydrogens is 448 g/mol. The van der Waals surface area contributed by atoms with E-state index in [2.05, 4.69) is 20.2 Å². The molecule has 0 aliphatic heterocycles. The number of para-hydroxylation sites is 1. The summed E-state index contributed by atoms with van der Waals surface area (Å²) in [7, 11) is 1.58. The van der Waals surface area contributed by atoms with E-state index in [1.54, 1.807) is 13.1 Å². The number of aromatic nitrogens is 2. The Kier molecular flexibility index (Phi) is 7.02. The van der Waals surface area contributed by atoms with Crippen molar-refractivity contribution in [3.8, 4) is 11.3 Å². The van der Waals surface area contributed by atoms with Crippen LogP contribution in [0.4, 0.5) is 0 Å². The van der Waals surface area contributed by atoms with Gasteiger partial charge in [0, 0.05) is 41.5 Å². The fraction of sp³-hybridized carbons (Fsp3) is 0.269. The van der Waals surface area contributed by atoms with Crippen LogP contribution in [0.3, 0.4) is 0 Å². The molecule has 0 aliphatic carbocycles. The molecule has 1 unspecified atom stereocenters. The van der Waals surface area contributed by atoms with Crippen molar-refractivity contribution in [3.05, 3.63) is 83.7 Å². The largest absolute Gasteiger partial charge is 0.598 e. The quantitative estimate of drug-likeness (QED) is 0.378. The molecule has 2 aromatic carbocycles. The molecule has 0 saturated carbocycles. The van der Waals surface area contributed by atoms with Crippen LogP contribution in [0.25, 0.3) is 22.2 Å². The van der Waals surface area contributed by atoms with E-state index in [4.69, 9.17) is 4.52 Å². The maximum absolute atomic E-state index is 13.2. The van der Waals surface area contributed by atoms with E-state index >= 15 is 0 Å². The van der Waals surface area contributed by atoms with E-state index in [1.165, 1.54) is 0 Å². The Labute approximate surface area is 202 Å². The monoisotopic (exact) mass is 476 g/mol. The van der Waals surface area contributed by atoms with Crippen LogP contribution >= 0.6 is 0 Å². The van der Waals surface area contributed by atoms with Crippen LogP contribution in [-0.2, 0) is 17.8 Å². The first-order valence-electron chi connectivity index (χ1n) is 11.1. The SMILES string of the molecule is CNC(=O)c1cccc(C[C@H](N[S+]([O-])C(C)(C)C)c2ccccc2-c2noc3ccccc23)n1. The Balaban J connectivity index is 1.78. The molecule has 7 nitrogen and oxygen atoms in total. The van der Waals surface area contributed by atoms with E-state index in [-0.39, 0.29) is 11.9 Å². The number of pyridine rings is 1. The summed E-state index contributed by atoms with van der Waals surface area (Å²) in [6.07, 6.45) is 0.430. The fourth-order valence-electron chi connectivity index (χ4n) is 3.67. The van der Waals surface area contributed by atoms with Gasteiger partial charge in [-0.05, 0) is 50.6 Å². The molecule has 2 N–H and O–H groups in total. The normalized spacial score (nSPS) is 13.6. The summed E-state index contributed by atoms with van der Waals surface area (Å²) in [6.45, 7) is 5.78. The summed E-state index contributed by atoms with van der Waals surface area (Å²) in [6, 6.07) is 20.6. The predicted molar refractivity (Wildman–Crippen MR) is 135 cm³/mol. The minimum Gasteiger partial charge on any atom is -0.598 e. The Morgan fingerprint density at radius 2 is 1.79 bits per heavy atom. The number of hydrogen-bond acceptors (Lipinski definition) is 6. The molecule has 2 aromatic heterocycles. The van der Waals surface area contributed by atoms with Gasteiger partial charge in [-0.2, -0.15) is 0 Å². The lowest BCUT2D eigenvalue weighted by molar-refractivity contribution is 0.0958. The number of nitrogens with one attached hydrogen (secondary N) is 2. The second-order valence-electron chi connectivity index (χ2n) is 8.96. The van der Waals surface area contributed by atoms with E-state index in [0.29, 0.717) is 23.4 Å². The predicted octanol–water partition coefficient (Wildman–Crippen LogP) is 4.59. The van der Waals surface area contributed by atoms with Crippen molar-refractivity contribution in [1.82, 2.24) is 20.2 Å². The highest BCUT2D eigenvalue weighted by atomic mass is 32.2. The topological polar surface area (TPSA) is 103 Å². The average molecular weight is 477 g/mol. The molecule has 0 spiro atoms. The third kappa shape index (κ3) is 5.14. The van der Waals surface area contributed by atoms with E-state index < -0.39 is 16.1 Å². The van der Waals surface area contributed by atoms with Crippen molar-refractivity contribution >= 4 is 28.2 Å². The Morgan fingerprint density at radius 3 is 2.56 bits per heavy atom. The number of rotatable bonds is 7. The summed E-state index contributed by atoms with van der Waals surface area (Å²) < 4.78 is 21.6. The lowest BCUT2D eigenvalue weighted by atomic mass is 9.94. The first kappa shape index (κ1) is 23.9. The maximum atomic E-state index is 13.2. The van der Waals surface area contributed by atoms with Crippen molar-refractivity contribution in [2.75, 3.05) is 7.05 Å². The van der Waals surface area contributed by atoms with Crippen molar-refractivity contribution in [2.45, 2.75) is 38.0 Å². The van der Waals surface area contributed by atoms with Crippen molar-refractivity contribution < 1.29 is 13.9 Å². The van der Waals surface area contributed by atoms with Crippen LogP contribution in [0.2, 0.25) is 0 Å². The van der Waals surface area contributed by atoms with Crippen LogP contribution in [-0.4, -0.2) is 32.4 Å². The minimum atomic E-state index is -1.34. The van der Waals surface area contributed by atoms with Gasteiger partial charge >= 0.3 is 0 Å². The highest BCUT2D eigenvalue weighted by Crippen LogP contribution is 2.35. The molecule has 4 rings (SSSR count). The molecular formula is C26H28N4O3S. The van der Waals surface area contributed by atoms with Crippen LogP contribution in [0, 0.1) is 0 Å². The zero-order valence-electron chi connectivity index (χ0n) is 19.7. The van der Waals surface area contributed by atoms with Gasteiger partial charge in [-0.25, -0.2) is 4.98 Å². The van der Waals surface area contributed by atoms with Crippen LogP contribution in [0.15, 0.2) is 71.3 Å². The molecule has 0 fully saturated rings. The molecule has 0 radical (unpaired) electrons. The van der Waals surface area contributed by atoms with Gasteiger partial charge in [0.25, 0.3) is 5.91 Å². The zero-order valence-corrected chi connectivity index (χ0v) is 20.5. The summed E-state index contributed by atoms with van der Waals surface area (Å²) in [5.74, 6) is -0.251. The summed E-state index contributed by atoms with van der Waals surface area (Å²) in [5.41, 5.74) is 4.29. The first-order chi connectivity index (χ1) is 16.3. The minimum absolute atomic E-state index is 0.251. The van der Waals surface area contributed by atoms with Gasteiger partial charge in [0.15, 0.2) is 5.58 Å². The number of nitrogens with zero attached hydrogens (tertiary/aromatic N) is 2. The third-order valence-electron chi connectivity index (χ3n) is 5.45. The van der Waals surface area contributed by atoms with Gasteiger partial charge in [-0.3, -0.25) is 4.79 Å². The van der Waals surface area contributed by atoms with Gasteiger partial charge in [0.05, 0.1) is 6.04 Å². The van der Waals surface area contributed by atoms with Crippen molar-refractivity contribution in [1.29, 1.82) is 0 Å². The molecule has 0 bridgehead atoms. The average Bonchev–Trinajstić information content (AvgIpc) is 3.26. The molecule has 0 aliphatic rings. The van der Waals surface area contributed by atoms with Gasteiger partial charge in [0.1, 0.15) is 16.1 Å². The van der Waals surface area contributed by atoms with Crippen molar-refractivity contribution in [3.63, 3.8) is 0 Å². The molecule has 2 atom stereocenters. The molecule has 176 valence electrons. The van der Waals surface area contributed by atoms with Gasteiger partial charge in [-0.15, -0.1) is 4.72 Å². The summed E-state index contributed by atoms with van der Waals surface area (Å²) >= 11 is -1.34. The molecule has 1 amide bonds. The number of hydrogen-bond donors (Lipinski definition) is 2. The summed E-state index contributed by atoms with van der Waals surface area (Å²) in [5, 5.41) is 7.86. The molecule has 2 heterocycles. The Hall–Kier alpha value is -3.20. The number of carbonyl (C=O) groups is 1. The maximum Gasteiger partial charge on any atom is 0.269 e. The second-order valence-corrected chi connectivity index (χ2v) is 11.0. The van der Waals surface area contributed by atoms with Gasteiger partial charge < -0.3 is 14.4 Å². The highest BCUT2D eigenvalue weighted by Gasteiger charge is 2.31. The lowest BCUT2D eigenvalue weighted by Gasteiger charge is -2.29. The Bertz CT molecular complexity index is 1300. The van der Waals surface area contributed by atoms with Gasteiger partial charge in [-0.1, -0.05) is 47.6 Å². The smallest absolute Gasteiger partial charge is 0.269 e. The van der Waals surface area contributed by atoms with Crippen molar-refractivity contribution in [2.24, 2.45) is 0 Å². The Morgan fingerprint density at radius 1 is 1.06 bits per heavy atom. The summed E-state index contributed by atoms with van der Waals surface area (Å²) in [4.78, 5) is 16.6. The molecule has 34 heavy (non-hydrogen) atoms. The molecule has 4 aromatic rings. The van der Waals surface area contributed by atoms with Crippen LogP contribution in [0.1, 0.15) is 48.6 Å². The first-order valence-corrected chi connectivity index (χ1v) is 12.2. The van der Waals surface area contributed by atoms with Crippen LogP contribution in [0.5, 0.6) is 0 Å². The fourth-order valence-corrected chi connectivity index (χ4v) is 4.50. The van der Waals surface area contributed by atoms with Crippen LogP contribution < -0.4 is 10.0 Å². The molecule has 8 heteroatoms. The van der Waals surface area contributed by atoms with E-state index in [1.807, 2.05) is 81.4 Å². The second kappa shape index (κ2) is 9.97. The standard InChI is InChI=1S/C26H28N4O3S/c1-26(2,3)34(32)30-22(16-17-10-9-14-21(28-17)25(31)27-4)18-11-5-6-12-19(18)24-20-13-7-8-15-23(20)33-29-24/h5-15,22,30H,16H2,1-4H3,(H,27,31)/t22-,34?/m0/s1. The van der Waals surface area contributed by atoms with E-state index in [0.717, 1.165) is 22.2 Å². The third-order valence-corrected chi connectivity index (χ3v) is 7.06. The lowest BCUT2D eigenvalue weighted by Crippen LogP contribution is -2.42. The number of amides is 1. The highest BCUT2D eigenvalue weighted by molar-refractivity contribution is 7.90. The van der Waals surface area contributed by atoms with Gasteiger partial charge in [0.2, 0.25) is 0 Å². The number of benzene rings is 2. The zero-order chi connectivity index (χ0) is 24.3. The van der Waals surface area contributed by atoms with E-state index in [9.17, 15) is 9.35 Å². The number of carbonyl (C=O) groups excluding carboxylic acids is 1.